The summed E-state index contributed by atoms with van der Waals surface area (Å²) < 4.78 is 21.7. The average Bonchev–Trinajstić information content (AvgIpc) is 2.65. The lowest BCUT2D eigenvalue weighted by Gasteiger charge is -2.40. The first kappa shape index (κ1) is 24.0. The van der Waals surface area contributed by atoms with Gasteiger partial charge in [-0.15, -0.1) is 0 Å². The second kappa shape index (κ2) is 9.91. The van der Waals surface area contributed by atoms with Crippen LogP contribution in [0.15, 0.2) is 24.3 Å². The molecule has 1 aromatic carbocycles. The third-order valence-electron chi connectivity index (χ3n) is 5.12. The predicted molar refractivity (Wildman–Crippen MR) is 111 cm³/mol. The Hall–Kier alpha value is -2.08. The van der Waals surface area contributed by atoms with Crippen LogP contribution in [-0.4, -0.2) is 53.9 Å². The zero-order chi connectivity index (χ0) is 21.5. The fraction of sp³-hybridized carbons (Fsp3) is 0.600. The highest BCUT2D eigenvalue weighted by Crippen LogP contribution is 2.38. The van der Waals surface area contributed by atoms with Crippen molar-refractivity contribution in [3.63, 3.8) is 0 Å². The molecule has 0 aliphatic heterocycles. The van der Waals surface area contributed by atoms with E-state index in [0.717, 1.165) is 0 Å². The predicted octanol–water partition coefficient (Wildman–Crippen LogP) is 3.58. The van der Waals surface area contributed by atoms with Gasteiger partial charge in [-0.1, -0.05) is 20.8 Å². The molecule has 0 aliphatic rings. The quantitative estimate of drug-likeness (QED) is 0.493. The minimum absolute atomic E-state index is 0.0966. The number of methoxy groups -OCH3 is 3. The van der Waals surface area contributed by atoms with Crippen LogP contribution in [-0.2, 0) is 18.7 Å². The Kier molecular flexibility index (Phi) is 8.48. The Bertz CT molecular complexity index is 679. The Balaban J connectivity index is 3.26. The number of benzene rings is 1. The summed E-state index contributed by atoms with van der Waals surface area (Å²) in [5, 5.41) is 13.0. The van der Waals surface area contributed by atoms with Crippen molar-refractivity contribution in [3.8, 4) is 11.8 Å². The maximum atomic E-state index is 12.3. The van der Waals surface area contributed by atoms with Crippen molar-refractivity contribution in [2.75, 3.05) is 26.6 Å². The molecule has 3 atom stereocenters. The standard InChI is InChI=1S/C20H32N2O5Si/c1-20(2,3)28(7,8)27-16(13-21)17(18(25-5)19(23)26-6)22-14-9-11-15(24-4)12-10-14/h9-12,16-18,22H,1-8H3/t16-,17+,18-/m1/s1. The van der Waals surface area contributed by atoms with E-state index in [1.807, 2.05) is 0 Å². The second-order valence-electron chi connectivity index (χ2n) is 8.01. The molecular weight excluding hydrogens is 376 g/mol. The zero-order valence-corrected chi connectivity index (χ0v) is 19.0. The topological polar surface area (TPSA) is 89.8 Å². The van der Waals surface area contributed by atoms with E-state index in [1.165, 1.54) is 14.2 Å². The number of nitrogens with one attached hydrogen (secondary N) is 1. The van der Waals surface area contributed by atoms with Crippen LogP contribution in [0.5, 0.6) is 5.75 Å². The summed E-state index contributed by atoms with van der Waals surface area (Å²) in [6.45, 7) is 10.4. The van der Waals surface area contributed by atoms with Gasteiger partial charge in [-0.25, -0.2) is 4.79 Å². The van der Waals surface area contributed by atoms with Crippen LogP contribution in [0.3, 0.4) is 0 Å². The van der Waals surface area contributed by atoms with Gasteiger partial charge in [-0.2, -0.15) is 5.26 Å². The lowest BCUT2D eigenvalue weighted by molar-refractivity contribution is -0.154. The molecule has 156 valence electrons. The summed E-state index contributed by atoms with van der Waals surface area (Å²) in [4.78, 5) is 12.3. The third-order valence-corrected chi connectivity index (χ3v) is 9.57. The van der Waals surface area contributed by atoms with Crippen molar-refractivity contribution >= 4 is 20.0 Å². The lowest BCUT2D eigenvalue weighted by Crippen LogP contribution is -2.54. The van der Waals surface area contributed by atoms with E-state index < -0.39 is 32.5 Å². The SMILES string of the molecule is COC(=O)[C@H](OC)[C@@H](Nc1ccc(OC)cc1)[C@@H](C#N)O[Si](C)(C)C(C)(C)C. The number of anilines is 1. The molecule has 0 radical (unpaired) electrons. The van der Waals surface area contributed by atoms with E-state index in [2.05, 4.69) is 45.3 Å². The number of nitrogens with zero attached hydrogens (tertiary/aromatic N) is 1. The molecule has 7 nitrogen and oxygen atoms in total. The molecule has 1 N–H and O–H groups in total. The number of carbonyl (C=O) groups excluding carboxylic acids is 1. The number of carbonyl (C=O) groups is 1. The summed E-state index contributed by atoms with van der Waals surface area (Å²) in [7, 11) is 2.00. The fourth-order valence-electron chi connectivity index (χ4n) is 2.37. The Morgan fingerprint density at radius 2 is 1.71 bits per heavy atom. The molecule has 0 saturated heterocycles. The number of nitriles is 1. The number of ether oxygens (including phenoxy) is 3. The van der Waals surface area contributed by atoms with Gasteiger partial charge in [0.25, 0.3) is 0 Å². The van der Waals surface area contributed by atoms with Crippen molar-refractivity contribution in [1.29, 1.82) is 5.26 Å². The van der Waals surface area contributed by atoms with Crippen LogP contribution in [0.4, 0.5) is 5.69 Å². The molecule has 0 unspecified atom stereocenters. The summed E-state index contributed by atoms with van der Waals surface area (Å²) in [6.07, 6.45) is -1.92. The average molecular weight is 409 g/mol. The number of esters is 1. The highest BCUT2D eigenvalue weighted by Gasteiger charge is 2.44. The molecule has 0 amide bonds. The van der Waals surface area contributed by atoms with Crippen molar-refractivity contribution < 1.29 is 23.4 Å². The maximum Gasteiger partial charge on any atom is 0.337 e. The van der Waals surface area contributed by atoms with Crippen molar-refractivity contribution in [2.24, 2.45) is 0 Å². The van der Waals surface area contributed by atoms with Crippen LogP contribution in [0.1, 0.15) is 20.8 Å². The van der Waals surface area contributed by atoms with E-state index >= 15 is 0 Å². The van der Waals surface area contributed by atoms with Crippen molar-refractivity contribution in [2.45, 2.75) is 57.2 Å². The first-order valence-electron chi connectivity index (χ1n) is 9.09. The van der Waals surface area contributed by atoms with Gasteiger partial charge in [0.15, 0.2) is 20.5 Å². The second-order valence-corrected chi connectivity index (χ2v) is 12.8. The van der Waals surface area contributed by atoms with Gasteiger partial charge in [0.2, 0.25) is 0 Å². The van der Waals surface area contributed by atoms with E-state index in [4.69, 9.17) is 18.6 Å². The monoisotopic (exact) mass is 408 g/mol. The lowest BCUT2D eigenvalue weighted by atomic mass is 10.0. The van der Waals surface area contributed by atoms with Gasteiger partial charge in [-0.3, -0.25) is 0 Å². The molecule has 0 saturated carbocycles. The van der Waals surface area contributed by atoms with Crippen molar-refractivity contribution in [3.05, 3.63) is 24.3 Å². The number of hydrogen-bond donors (Lipinski definition) is 1. The Labute approximate surface area is 169 Å². The fourth-order valence-corrected chi connectivity index (χ4v) is 3.56. The molecule has 1 aromatic rings. The molecule has 0 aliphatic carbocycles. The van der Waals surface area contributed by atoms with E-state index in [1.54, 1.807) is 31.4 Å². The van der Waals surface area contributed by atoms with Gasteiger partial charge < -0.3 is 24.0 Å². The van der Waals surface area contributed by atoms with E-state index in [-0.39, 0.29) is 5.04 Å². The third kappa shape index (κ3) is 5.96. The van der Waals surface area contributed by atoms with Crippen LogP contribution in [0.25, 0.3) is 0 Å². The van der Waals surface area contributed by atoms with E-state index in [0.29, 0.717) is 11.4 Å². The van der Waals surface area contributed by atoms with Gasteiger partial charge in [0.05, 0.1) is 20.3 Å². The smallest absolute Gasteiger partial charge is 0.337 e. The molecule has 0 heterocycles. The van der Waals surface area contributed by atoms with Gasteiger partial charge in [0.1, 0.15) is 11.8 Å². The Morgan fingerprint density at radius 3 is 2.11 bits per heavy atom. The van der Waals surface area contributed by atoms with Gasteiger partial charge in [0, 0.05) is 12.8 Å². The summed E-state index contributed by atoms with van der Waals surface area (Å²) in [6, 6.07) is 8.62. The largest absolute Gasteiger partial charge is 0.497 e. The highest BCUT2D eigenvalue weighted by atomic mass is 28.4. The van der Waals surface area contributed by atoms with Crippen LogP contribution >= 0.6 is 0 Å². The Morgan fingerprint density at radius 1 is 1.14 bits per heavy atom. The summed E-state index contributed by atoms with van der Waals surface area (Å²) in [5.41, 5.74) is 0.704. The van der Waals surface area contributed by atoms with E-state index in [9.17, 15) is 10.1 Å². The minimum Gasteiger partial charge on any atom is -0.497 e. The molecule has 0 fully saturated rings. The molecule has 8 heteroatoms. The van der Waals surface area contributed by atoms with Crippen LogP contribution in [0.2, 0.25) is 18.1 Å². The summed E-state index contributed by atoms with van der Waals surface area (Å²) >= 11 is 0. The molecule has 0 aromatic heterocycles. The molecule has 28 heavy (non-hydrogen) atoms. The van der Waals surface area contributed by atoms with Gasteiger partial charge >= 0.3 is 5.97 Å². The minimum atomic E-state index is -2.28. The number of hydrogen-bond acceptors (Lipinski definition) is 7. The molecule has 1 rings (SSSR count). The van der Waals surface area contributed by atoms with Crippen LogP contribution in [0, 0.1) is 11.3 Å². The van der Waals surface area contributed by atoms with Gasteiger partial charge in [-0.05, 0) is 42.4 Å². The molecular formula is C20H32N2O5Si. The maximum absolute atomic E-state index is 12.3. The normalized spacial score (nSPS) is 15.1. The molecule has 0 bridgehead atoms. The van der Waals surface area contributed by atoms with Crippen molar-refractivity contribution in [1.82, 2.24) is 0 Å². The summed E-state index contributed by atoms with van der Waals surface area (Å²) in [5.74, 6) is 0.125. The molecule has 0 spiro atoms. The first-order valence-corrected chi connectivity index (χ1v) is 12.0. The first-order chi connectivity index (χ1) is 13.0. The van der Waals surface area contributed by atoms with Crippen LogP contribution < -0.4 is 10.1 Å². The number of rotatable bonds is 9. The zero-order valence-electron chi connectivity index (χ0n) is 18.0. The highest BCUT2D eigenvalue weighted by molar-refractivity contribution is 6.74.